The van der Waals surface area contributed by atoms with Gasteiger partial charge in [0.05, 0.1) is 6.10 Å². The van der Waals surface area contributed by atoms with Crippen molar-refractivity contribution >= 4 is 0 Å². The van der Waals surface area contributed by atoms with Gasteiger partial charge in [-0.2, -0.15) is 0 Å². The average molecular weight is 196 g/mol. The highest BCUT2D eigenvalue weighted by atomic mass is 16.3. The molecule has 0 aliphatic heterocycles. The SMILES string of the molecule is CCCCC#C[C@@H](C)[C@H](O)CC(C)C. The summed E-state index contributed by atoms with van der Waals surface area (Å²) in [6, 6.07) is 0. The molecule has 0 unspecified atom stereocenters. The van der Waals surface area contributed by atoms with Crippen LogP contribution in [0, 0.1) is 23.7 Å². The zero-order valence-corrected chi connectivity index (χ0v) is 10.0. The van der Waals surface area contributed by atoms with Gasteiger partial charge in [-0.05, 0) is 25.7 Å². The molecule has 0 aliphatic carbocycles. The Balaban J connectivity index is 3.79. The maximum absolute atomic E-state index is 9.74. The molecule has 2 atom stereocenters. The average Bonchev–Trinajstić information content (AvgIpc) is 2.11. The molecule has 0 aromatic heterocycles. The Labute approximate surface area is 88.9 Å². The summed E-state index contributed by atoms with van der Waals surface area (Å²) in [4.78, 5) is 0. The Morgan fingerprint density at radius 2 is 1.86 bits per heavy atom. The summed E-state index contributed by atoms with van der Waals surface area (Å²) >= 11 is 0. The van der Waals surface area contributed by atoms with Gasteiger partial charge in [0.1, 0.15) is 0 Å². The van der Waals surface area contributed by atoms with Gasteiger partial charge in [0.2, 0.25) is 0 Å². The Morgan fingerprint density at radius 3 is 2.36 bits per heavy atom. The van der Waals surface area contributed by atoms with Crippen LogP contribution >= 0.6 is 0 Å². The molecule has 82 valence electrons. The number of hydrogen-bond donors (Lipinski definition) is 1. The van der Waals surface area contributed by atoms with Crippen molar-refractivity contribution < 1.29 is 5.11 Å². The molecule has 0 aliphatic rings. The summed E-state index contributed by atoms with van der Waals surface area (Å²) in [5.74, 6) is 6.92. The quantitative estimate of drug-likeness (QED) is 0.529. The zero-order chi connectivity index (χ0) is 11.0. The van der Waals surface area contributed by atoms with E-state index >= 15 is 0 Å². The summed E-state index contributed by atoms with van der Waals surface area (Å²) < 4.78 is 0. The van der Waals surface area contributed by atoms with Crippen molar-refractivity contribution in [2.45, 2.75) is 59.5 Å². The maximum Gasteiger partial charge on any atom is 0.0677 e. The number of aliphatic hydroxyl groups excluding tert-OH is 1. The molecule has 1 N–H and O–H groups in total. The first kappa shape index (κ1) is 13.5. The highest BCUT2D eigenvalue weighted by Gasteiger charge is 2.12. The Hall–Kier alpha value is -0.480. The van der Waals surface area contributed by atoms with E-state index in [9.17, 15) is 5.11 Å². The second-order valence-corrected chi connectivity index (χ2v) is 4.41. The third-order valence-corrected chi connectivity index (χ3v) is 2.28. The van der Waals surface area contributed by atoms with Crippen LogP contribution in [0.25, 0.3) is 0 Å². The van der Waals surface area contributed by atoms with Crippen LogP contribution in [0.5, 0.6) is 0 Å². The molecule has 0 aromatic carbocycles. The van der Waals surface area contributed by atoms with E-state index in [0.717, 1.165) is 12.8 Å². The van der Waals surface area contributed by atoms with Gasteiger partial charge >= 0.3 is 0 Å². The van der Waals surface area contributed by atoms with Crippen molar-refractivity contribution in [3.63, 3.8) is 0 Å². The third kappa shape index (κ3) is 6.97. The molecule has 14 heavy (non-hydrogen) atoms. The number of aliphatic hydroxyl groups is 1. The fourth-order valence-corrected chi connectivity index (χ4v) is 1.28. The fourth-order valence-electron chi connectivity index (χ4n) is 1.28. The molecule has 0 heterocycles. The second kappa shape index (κ2) is 7.88. The van der Waals surface area contributed by atoms with Crippen molar-refractivity contribution in [2.75, 3.05) is 0 Å². The smallest absolute Gasteiger partial charge is 0.0677 e. The van der Waals surface area contributed by atoms with Gasteiger partial charge in [-0.25, -0.2) is 0 Å². The molecule has 0 rings (SSSR count). The summed E-state index contributed by atoms with van der Waals surface area (Å²) in [6.07, 6.45) is 3.92. The van der Waals surface area contributed by atoms with Crippen molar-refractivity contribution in [1.82, 2.24) is 0 Å². The van der Waals surface area contributed by atoms with Crippen LogP contribution in [-0.4, -0.2) is 11.2 Å². The molecule has 0 aromatic rings. The monoisotopic (exact) mass is 196 g/mol. The van der Waals surface area contributed by atoms with Crippen LogP contribution in [0.2, 0.25) is 0 Å². The molecule has 0 amide bonds. The van der Waals surface area contributed by atoms with Gasteiger partial charge in [-0.3, -0.25) is 0 Å². The lowest BCUT2D eigenvalue weighted by Crippen LogP contribution is -2.18. The van der Waals surface area contributed by atoms with Gasteiger partial charge < -0.3 is 5.11 Å². The molecule has 0 fully saturated rings. The molecule has 0 spiro atoms. The van der Waals surface area contributed by atoms with Gasteiger partial charge in [0.15, 0.2) is 0 Å². The van der Waals surface area contributed by atoms with E-state index in [4.69, 9.17) is 0 Å². The summed E-state index contributed by atoms with van der Waals surface area (Å²) in [6.45, 7) is 8.42. The topological polar surface area (TPSA) is 20.2 Å². The molecule has 1 nitrogen and oxygen atoms in total. The van der Waals surface area contributed by atoms with Crippen LogP contribution in [0.15, 0.2) is 0 Å². The van der Waals surface area contributed by atoms with E-state index in [1.807, 2.05) is 6.92 Å². The first-order valence-corrected chi connectivity index (χ1v) is 5.74. The number of hydrogen-bond acceptors (Lipinski definition) is 1. The third-order valence-electron chi connectivity index (χ3n) is 2.28. The largest absolute Gasteiger partial charge is 0.392 e. The minimum Gasteiger partial charge on any atom is -0.392 e. The molecule has 0 saturated carbocycles. The lowest BCUT2D eigenvalue weighted by atomic mass is 9.96. The van der Waals surface area contributed by atoms with Gasteiger partial charge in [0, 0.05) is 12.3 Å². The molecule has 0 saturated heterocycles. The van der Waals surface area contributed by atoms with E-state index in [0.29, 0.717) is 5.92 Å². The first-order chi connectivity index (χ1) is 6.57. The van der Waals surface area contributed by atoms with Crippen LogP contribution < -0.4 is 0 Å². The zero-order valence-electron chi connectivity index (χ0n) is 10.0. The summed E-state index contributed by atoms with van der Waals surface area (Å²) in [5.41, 5.74) is 0. The minimum atomic E-state index is -0.260. The predicted octanol–water partition coefficient (Wildman–Crippen LogP) is 3.22. The summed E-state index contributed by atoms with van der Waals surface area (Å²) in [7, 11) is 0. The Kier molecular flexibility index (Phi) is 7.61. The Bertz CT molecular complexity index is 185. The lowest BCUT2D eigenvalue weighted by Gasteiger charge is -2.15. The van der Waals surface area contributed by atoms with E-state index < -0.39 is 0 Å². The standard InChI is InChI=1S/C13H24O/c1-5-6-7-8-9-12(4)13(14)10-11(2)3/h11-14H,5-7,10H2,1-4H3/t12-,13-/m1/s1. The fraction of sp³-hybridized carbons (Fsp3) is 0.846. The molecule has 0 bridgehead atoms. The molecule has 0 radical (unpaired) electrons. The lowest BCUT2D eigenvalue weighted by molar-refractivity contribution is 0.118. The van der Waals surface area contributed by atoms with Crippen molar-refractivity contribution in [3.8, 4) is 11.8 Å². The van der Waals surface area contributed by atoms with Crippen LogP contribution in [0.1, 0.15) is 53.4 Å². The van der Waals surface area contributed by atoms with E-state index in [-0.39, 0.29) is 12.0 Å². The highest BCUT2D eigenvalue weighted by Crippen LogP contribution is 2.12. The summed E-state index contributed by atoms with van der Waals surface area (Å²) in [5, 5.41) is 9.74. The molecular weight excluding hydrogens is 172 g/mol. The normalized spacial score (nSPS) is 14.7. The van der Waals surface area contributed by atoms with Crippen LogP contribution in [0.3, 0.4) is 0 Å². The van der Waals surface area contributed by atoms with E-state index in [1.54, 1.807) is 0 Å². The van der Waals surface area contributed by atoms with Crippen LogP contribution in [0.4, 0.5) is 0 Å². The van der Waals surface area contributed by atoms with E-state index in [2.05, 4.69) is 32.6 Å². The maximum atomic E-state index is 9.74. The second-order valence-electron chi connectivity index (χ2n) is 4.41. The van der Waals surface area contributed by atoms with E-state index in [1.165, 1.54) is 12.8 Å². The van der Waals surface area contributed by atoms with Gasteiger partial charge in [-0.1, -0.05) is 33.1 Å². The van der Waals surface area contributed by atoms with Gasteiger partial charge in [-0.15, -0.1) is 5.92 Å². The van der Waals surface area contributed by atoms with Crippen LogP contribution in [-0.2, 0) is 0 Å². The van der Waals surface area contributed by atoms with Crippen molar-refractivity contribution in [1.29, 1.82) is 0 Å². The van der Waals surface area contributed by atoms with Gasteiger partial charge in [0.25, 0.3) is 0 Å². The van der Waals surface area contributed by atoms with Crippen molar-refractivity contribution in [2.24, 2.45) is 11.8 Å². The molecular formula is C13H24O. The minimum absolute atomic E-state index is 0.120. The molecule has 1 heteroatoms. The number of rotatable bonds is 5. The number of unbranched alkanes of at least 4 members (excludes halogenated alkanes) is 2. The predicted molar refractivity (Wildman–Crippen MR) is 61.9 cm³/mol. The highest BCUT2D eigenvalue weighted by molar-refractivity contribution is 5.04. The van der Waals surface area contributed by atoms with Crippen molar-refractivity contribution in [3.05, 3.63) is 0 Å². The first-order valence-electron chi connectivity index (χ1n) is 5.74. The Morgan fingerprint density at radius 1 is 1.21 bits per heavy atom.